The lowest BCUT2D eigenvalue weighted by Crippen LogP contribution is -2.17. The molecule has 1 N–H and O–H groups in total. The van der Waals surface area contributed by atoms with Crippen molar-refractivity contribution in [2.45, 2.75) is 30.6 Å². The van der Waals surface area contributed by atoms with Gasteiger partial charge in [-0.15, -0.1) is 11.3 Å². The fourth-order valence-corrected chi connectivity index (χ4v) is 5.74. The van der Waals surface area contributed by atoms with Gasteiger partial charge >= 0.3 is 0 Å². The number of thiazole rings is 1. The van der Waals surface area contributed by atoms with Gasteiger partial charge in [0.15, 0.2) is 5.13 Å². The Hall–Kier alpha value is -2.62. The highest BCUT2D eigenvalue weighted by Crippen LogP contribution is 2.36. The Kier molecular flexibility index (Phi) is 6.15. The molecule has 32 heavy (non-hydrogen) atoms. The maximum Gasteiger partial charge on any atom is 0.228 e. The zero-order valence-electron chi connectivity index (χ0n) is 17.6. The predicted molar refractivity (Wildman–Crippen MR) is 131 cm³/mol. The van der Waals surface area contributed by atoms with E-state index in [0.29, 0.717) is 27.4 Å². The molecule has 0 unspecified atom stereocenters. The molecule has 4 rings (SSSR count). The van der Waals surface area contributed by atoms with Gasteiger partial charge in [0, 0.05) is 21.2 Å². The third kappa shape index (κ3) is 4.20. The molecule has 0 spiro atoms. The molecule has 0 saturated heterocycles. The number of carbonyl (C=O) groups is 1. The first-order valence-corrected chi connectivity index (χ1v) is 13.0. The molecule has 0 fully saturated rings. The fraction of sp³-hybridized carbons (Fsp3) is 0.174. The van der Waals surface area contributed by atoms with Crippen LogP contribution < -0.4 is 5.32 Å². The van der Waals surface area contributed by atoms with Crippen LogP contribution in [0.3, 0.4) is 0 Å². The van der Waals surface area contributed by atoms with Crippen molar-refractivity contribution in [3.8, 4) is 11.4 Å². The molecule has 0 saturated carbocycles. The quantitative estimate of drug-likeness (QED) is 0.349. The second kappa shape index (κ2) is 8.73. The summed E-state index contributed by atoms with van der Waals surface area (Å²) in [5, 5.41) is 5.50. The van der Waals surface area contributed by atoms with Crippen molar-refractivity contribution >= 4 is 59.0 Å². The van der Waals surface area contributed by atoms with Gasteiger partial charge in [-0.25, -0.2) is 18.4 Å². The summed E-state index contributed by atoms with van der Waals surface area (Å²) < 4.78 is 27.8. The molecule has 2 heterocycles. The number of nitrogens with zero attached hydrogens (tertiary/aromatic N) is 2. The Morgan fingerprint density at radius 3 is 2.47 bits per heavy atom. The number of nitrogens with one attached hydrogen (secondary N) is 1. The van der Waals surface area contributed by atoms with Crippen LogP contribution in [0.2, 0.25) is 0 Å². The number of halogens is 1. The highest BCUT2D eigenvalue weighted by Gasteiger charge is 2.24. The van der Waals surface area contributed by atoms with Crippen LogP contribution in [0, 0.1) is 12.8 Å². The Morgan fingerprint density at radius 1 is 1.06 bits per heavy atom. The number of anilines is 1. The van der Waals surface area contributed by atoms with Crippen LogP contribution in [0.4, 0.5) is 5.13 Å². The summed E-state index contributed by atoms with van der Waals surface area (Å²) in [4.78, 5) is 21.6. The van der Waals surface area contributed by atoms with E-state index in [9.17, 15) is 13.2 Å². The van der Waals surface area contributed by atoms with Gasteiger partial charge in [0.2, 0.25) is 15.7 Å². The van der Waals surface area contributed by atoms with E-state index >= 15 is 0 Å². The SMILES string of the molecule is Cc1ccc2c(S(=O)(=O)c3ccccc3)cc(-c3csc(NC(=O)C(C)C)n3)nc2c1Br. The summed E-state index contributed by atoms with van der Waals surface area (Å²) in [6.07, 6.45) is 0. The lowest BCUT2D eigenvalue weighted by atomic mass is 10.1. The topological polar surface area (TPSA) is 89.0 Å². The number of hydrogen-bond acceptors (Lipinski definition) is 6. The number of amides is 1. The second-order valence-corrected chi connectivity index (χ2v) is 11.2. The van der Waals surface area contributed by atoms with E-state index in [1.807, 2.05) is 13.0 Å². The van der Waals surface area contributed by atoms with Crippen molar-refractivity contribution in [1.82, 2.24) is 9.97 Å². The molecule has 0 atom stereocenters. The van der Waals surface area contributed by atoms with Crippen molar-refractivity contribution < 1.29 is 13.2 Å². The van der Waals surface area contributed by atoms with E-state index in [-0.39, 0.29) is 21.6 Å². The maximum absolute atomic E-state index is 13.5. The van der Waals surface area contributed by atoms with Crippen LogP contribution >= 0.6 is 27.3 Å². The first kappa shape index (κ1) is 22.6. The molecule has 164 valence electrons. The third-order valence-electron chi connectivity index (χ3n) is 4.94. The number of pyridine rings is 1. The molecular weight excluding hydrogens is 510 g/mol. The largest absolute Gasteiger partial charge is 0.302 e. The van der Waals surface area contributed by atoms with E-state index in [1.54, 1.807) is 61.7 Å². The Bertz CT molecular complexity index is 1430. The fourth-order valence-electron chi connectivity index (χ4n) is 3.11. The molecule has 0 aliphatic rings. The normalized spacial score (nSPS) is 11.8. The highest BCUT2D eigenvalue weighted by atomic mass is 79.9. The summed E-state index contributed by atoms with van der Waals surface area (Å²) >= 11 is 4.83. The number of rotatable bonds is 5. The Balaban J connectivity index is 1.92. The van der Waals surface area contributed by atoms with Crippen molar-refractivity contribution in [1.29, 1.82) is 0 Å². The van der Waals surface area contributed by atoms with Crippen molar-refractivity contribution in [3.05, 3.63) is 63.9 Å². The number of carbonyl (C=O) groups excluding carboxylic acids is 1. The van der Waals surface area contributed by atoms with E-state index in [4.69, 9.17) is 4.98 Å². The Morgan fingerprint density at radius 2 is 1.78 bits per heavy atom. The number of fused-ring (bicyclic) bond motifs is 1. The van der Waals surface area contributed by atoms with Gasteiger partial charge in [-0.2, -0.15) is 0 Å². The zero-order valence-corrected chi connectivity index (χ0v) is 20.8. The molecule has 0 bridgehead atoms. The van der Waals surface area contributed by atoms with Crippen LogP contribution in [-0.2, 0) is 14.6 Å². The summed E-state index contributed by atoms with van der Waals surface area (Å²) in [7, 11) is -3.80. The summed E-state index contributed by atoms with van der Waals surface area (Å²) in [5.41, 5.74) is 2.39. The number of benzene rings is 2. The molecule has 0 aliphatic heterocycles. The number of aromatic nitrogens is 2. The van der Waals surface area contributed by atoms with Crippen LogP contribution in [0.25, 0.3) is 22.3 Å². The predicted octanol–water partition coefficient (Wildman–Crippen LogP) is 5.86. The molecule has 4 aromatic rings. The van der Waals surface area contributed by atoms with E-state index in [1.165, 1.54) is 11.3 Å². The minimum Gasteiger partial charge on any atom is -0.302 e. The smallest absolute Gasteiger partial charge is 0.228 e. The first-order chi connectivity index (χ1) is 15.2. The Labute approximate surface area is 198 Å². The summed E-state index contributed by atoms with van der Waals surface area (Å²) in [6.45, 7) is 5.52. The van der Waals surface area contributed by atoms with E-state index in [2.05, 4.69) is 26.2 Å². The summed E-state index contributed by atoms with van der Waals surface area (Å²) in [6, 6.07) is 13.5. The monoisotopic (exact) mass is 529 g/mol. The number of sulfone groups is 1. The van der Waals surface area contributed by atoms with Gasteiger partial charge < -0.3 is 5.32 Å². The molecule has 6 nitrogen and oxygen atoms in total. The average Bonchev–Trinajstić information content (AvgIpc) is 3.24. The van der Waals surface area contributed by atoms with E-state index in [0.717, 1.165) is 10.0 Å². The van der Waals surface area contributed by atoms with Crippen molar-refractivity contribution in [3.63, 3.8) is 0 Å². The van der Waals surface area contributed by atoms with Crippen LogP contribution in [0.1, 0.15) is 19.4 Å². The molecule has 2 aromatic heterocycles. The minimum atomic E-state index is -3.80. The summed E-state index contributed by atoms with van der Waals surface area (Å²) in [5.74, 6) is -0.314. The third-order valence-corrected chi connectivity index (χ3v) is 8.51. The van der Waals surface area contributed by atoms with Gasteiger partial charge in [0.1, 0.15) is 5.69 Å². The molecule has 0 aliphatic carbocycles. The molecular formula is C23H20BrN3O3S2. The van der Waals surface area contributed by atoms with Crippen molar-refractivity contribution in [2.24, 2.45) is 5.92 Å². The molecule has 0 radical (unpaired) electrons. The van der Waals surface area contributed by atoms with Gasteiger partial charge in [0.25, 0.3) is 0 Å². The molecule has 9 heteroatoms. The van der Waals surface area contributed by atoms with Gasteiger partial charge in [-0.3, -0.25) is 4.79 Å². The zero-order chi connectivity index (χ0) is 23.0. The van der Waals surface area contributed by atoms with Gasteiger partial charge in [0.05, 0.1) is 21.0 Å². The maximum atomic E-state index is 13.5. The highest BCUT2D eigenvalue weighted by molar-refractivity contribution is 9.10. The van der Waals surface area contributed by atoms with Gasteiger partial charge in [-0.05, 0) is 46.6 Å². The average molecular weight is 530 g/mol. The van der Waals surface area contributed by atoms with Crippen LogP contribution in [0.15, 0.2) is 68.2 Å². The lowest BCUT2D eigenvalue weighted by molar-refractivity contribution is -0.118. The minimum absolute atomic E-state index is 0.136. The standard InChI is InChI=1S/C23H20BrN3O3S2/c1-13(2)22(28)27-23-26-18(12-31-23)17-11-19(32(29,30)15-7-5-4-6-8-15)16-10-9-14(3)20(24)21(16)25-17/h4-13H,1-3H3,(H,26,27,28). The van der Waals surface area contributed by atoms with E-state index < -0.39 is 9.84 Å². The molecule has 2 aromatic carbocycles. The first-order valence-electron chi connectivity index (χ1n) is 9.85. The lowest BCUT2D eigenvalue weighted by Gasteiger charge is -2.12. The van der Waals surface area contributed by atoms with Crippen LogP contribution in [0.5, 0.6) is 0 Å². The van der Waals surface area contributed by atoms with Gasteiger partial charge in [-0.1, -0.05) is 44.2 Å². The van der Waals surface area contributed by atoms with Crippen molar-refractivity contribution in [2.75, 3.05) is 5.32 Å². The number of aryl methyl sites for hydroxylation is 1. The van der Waals surface area contributed by atoms with Crippen LogP contribution in [-0.4, -0.2) is 24.3 Å². The molecule has 1 amide bonds. The number of hydrogen-bond donors (Lipinski definition) is 1. The second-order valence-electron chi connectivity index (χ2n) is 7.60.